The van der Waals surface area contributed by atoms with Crippen molar-refractivity contribution < 1.29 is 23.9 Å². The van der Waals surface area contributed by atoms with Gasteiger partial charge in [0.1, 0.15) is 11.5 Å². The third-order valence-electron chi connectivity index (χ3n) is 8.39. The van der Waals surface area contributed by atoms with Crippen molar-refractivity contribution in [3.05, 3.63) is 141 Å². The fourth-order valence-corrected chi connectivity index (χ4v) is 6.94. The maximum atomic E-state index is 14.6. The average Bonchev–Trinajstić information content (AvgIpc) is 3.47. The smallest absolute Gasteiger partial charge is 0.204 e. The molecule has 4 aromatic rings. The van der Waals surface area contributed by atoms with Crippen LogP contribution in [0.4, 0.5) is 0 Å². The van der Waals surface area contributed by atoms with E-state index in [2.05, 4.69) is 0 Å². The first-order valence-electron chi connectivity index (χ1n) is 12.7. The number of aryl methyl sites for hydroxylation is 1. The molecule has 3 aliphatic rings. The number of ether oxygens (including phenoxy) is 1. The van der Waals surface area contributed by atoms with Gasteiger partial charge < -0.3 is 4.74 Å². The lowest BCUT2D eigenvalue weighted by Gasteiger charge is -2.34. The molecule has 0 saturated carbocycles. The van der Waals surface area contributed by atoms with E-state index in [0.717, 1.165) is 5.56 Å². The molecule has 0 aromatic heterocycles. The Kier molecular flexibility index (Phi) is 5.00. The molecule has 4 aromatic carbocycles. The van der Waals surface area contributed by atoms with Crippen LogP contribution in [-0.2, 0) is 4.74 Å². The molecule has 1 heterocycles. The number of hydrogen-bond acceptors (Lipinski definition) is 5. The van der Waals surface area contributed by atoms with Crippen molar-refractivity contribution in [2.75, 3.05) is 0 Å². The number of rotatable bonds is 2. The summed E-state index contributed by atoms with van der Waals surface area (Å²) in [7, 11) is 0. The molecule has 0 radical (unpaired) electrons. The van der Waals surface area contributed by atoms with Crippen molar-refractivity contribution in [3.8, 4) is 0 Å². The van der Waals surface area contributed by atoms with Crippen LogP contribution in [0.3, 0.4) is 0 Å². The van der Waals surface area contributed by atoms with E-state index in [0.29, 0.717) is 16.1 Å². The highest BCUT2D eigenvalue weighted by molar-refractivity contribution is 6.37. The predicted octanol–water partition coefficient (Wildman–Crippen LogP) is 6.39. The number of hydrogen-bond donors (Lipinski definition) is 0. The Morgan fingerprint density at radius 2 is 1.13 bits per heavy atom. The van der Waals surface area contributed by atoms with E-state index < -0.39 is 46.2 Å². The second-order valence-corrected chi connectivity index (χ2v) is 10.8. The van der Waals surface area contributed by atoms with Crippen LogP contribution in [-0.4, -0.2) is 28.7 Å². The highest BCUT2D eigenvalue weighted by Gasteiger charge is 2.79. The zero-order chi connectivity index (χ0) is 27.1. The highest BCUT2D eigenvalue weighted by atomic mass is 35.5. The van der Waals surface area contributed by atoms with Gasteiger partial charge in [0.25, 0.3) is 0 Å². The summed E-state index contributed by atoms with van der Waals surface area (Å²) in [6.07, 6.45) is -1.21. The van der Waals surface area contributed by atoms with Crippen LogP contribution in [0.5, 0.6) is 0 Å². The van der Waals surface area contributed by atoms with E-state index >= 15 is 0 Å². The Morgan fingerprint density at radius 3 is 1.64 bits per heavy atom. The van der Waals surface area contributed by atoms with Crippen LogP contribution >= 0.6 is 11.6 Å². The molecule has 0 bridgehead atoms. The van der Waals surface area contributed by atoms with E-state index in [1.807, 2.05) is 19.1 Å². The largest absolute Gasteiger partial charge is 0.348 e. The summed E-state index contributed by atoms with van der Waals surface area (Å²) in [5, 5.41) is 0.462. The summed E-state index contributed by atoms with van der Waals surface area (Å²) < 4.78 is 6.68. The molecule has 5 nitrogen and oxygen atoms in total. The summed E-state index contributed by atoms with van der Waals surface area (Å²) in [5.41, 5.74) is -1.15. The molecular formula is C33H21ClO5. The van der Waals surface area contributed by atoms with Gasteiger partial charge in [0.05, 0.1) is 5.92 Å². The van der Waals surface area contributed by atoms with Crippen LogP contribution in [0.2, 0.25) is 5.02 Å². The normalized spacial score (nSPS) is 22.1. The minimum Gasteiger partial charge on any atom is -0.348 e. The van der Waals surface area contributed by atoms with Crippen molar-refractivity contribution in [1.82, 2.24) is 0 Å². The molecule has 0 N–H and O–H groups in total. The van der Waals surface area contributed by atoms with Gasteiger partial charge >= 0.3 is 0 Å². The van der Waals surface area contributed by atoms with Gasteiger partial charge in [-0.2, -0.15) is 0 Å². The van der Waals surface area contributed by atoms with Crippen LogP contribution in [0.1, 0.15) is 70.1 Å². The third-order valence-corrected chi connectivity index (χ3v) is 8.64. The molecule has 2 spiro atoms. The van der Waals surface area contributed by atoms with Crippen molar-refractivity contribution in [2.24, 2.45) is 5.41 Å². The van der Waals surface area contributed by atoms with Crippen molar-refractivity contribution in [1.29, 1.82) is 0 Å². The first-order valence-corrected chi connectivity index (χ1v) is 13.1. The van der Waals surface area contributed by atoms with E-state index in [-0.39, 0.29) is 22.3 Å². The summed E-state index contributed by atoms with van der Waals surface area (Å²) in [4.78, 5) is 58.0. The Morgan fingerprint density at radius 1 is 0.615 bits per heavy atom. The maximum absolute atomic E-state index is 14.6. The summed E-state index contributed by atoms with van der Waals surface area (Å²) in [6, 6.07) is 27.1. The molecule has 2 aliphatic carbocycles. The molecule has 39 heavy (non-hydrogen) atoms. The van der Waals surface area contributed by atoms with Crippen molar-refractivity contribution in [3.63, 3.8) is 0 Å². The third kappa shape index (κ3) is 2.89. The lowest BCUT2D eigenvalue weighted by molar-refractivity contribution is -0.0210. The standard InChI is InChI=1S/C33H21ClO5/c1-18-7-6-8-20(17-18)26-32(27(35)22-9-2-3-10-23(22)28(32)36)31(19-13-15-21(34)16-14-19)39-33(26)29(37)24-11-4-5-12-25(24)30(33)38/h2-17,26,31H,1H3. The minimum atomic E-state index is -2.10. The van der Waals surface area contributed by atoms with Crippen LogP contribution < -0.4 is 0 Å². The Labute approximate surface area is 229 Å². The molecule has 2 atom stereocenters. The van der Waals surface area contributed by atoms with Crippen molar-refractivity contribution in [2.45, 2.75) is 24.5 Å². The Hall–Kier alpha value is -4.19. The number of benzene rings is 4. The van der Waals surface area contributed by atoms with Gasteiger partial charge in [0, 0.05) is 27.3 Å². The van der Waals surface area contributed by atoms with Gasteiger partial charge in [0.15, 0.2) is 11.6 Å². The average molecular weight is 533 g/mol. The number of fused-ring (bicyclic) bond motifs is 2. The molecule has 6 heteroatoms. The van der Waals surface area contributed by atoms with Gasteiger partial charge in [-0.05, 0) is 30.2 Å². The first-order chi connectivity index (χ1) is 18.8. The second-order valence-electron chi connectivity index (χ2n) is 10.4. The Balaban J connectivity index is 1.60. The zero-order valence-corrected chi connectivity index (χ0v) is 21.6. The van der Waals surface area contributed by atoms with E-state index in [1.54, 1.807) is 84.9 Å². The molecule has 1 saturated heterocycles. The molecule has 2 unspecified atom stereocenters. The summed E-state index contributed by atoms with van der Waals surface area (Å²) in [5.74, 6) is -3.19. The fourth-order valence-electron chi connectivity index (χ4n) is 6.81. The number of carbonyl (C=O) groups is 4. The molecule has 1 fully saturated rings. The molecule has 7 rings (SSSR count). The predicted molar refractivity (Wildman–Crippen MR) is 145 cm³/mol. The fraction of sp³-hybridized carbons (Fsp3) is 0.152. The summed E-state index contributed by atoms with van der Waals surface area (Å²) in [6.45, 7) is 1.88. The number of ketones is 4. The topological polar surface area (TPSA) is 77.5 Å². The van der Waals surface area contributed by atoms with Gasteiger partial charge in [-0.25, -0.2) is 0 Å². The number of halogens is 1. The first kappa shape index (κ1) is 23.9. The van der Waals surface area contributed by atoms with Gasteiger partial charge in [0.2, 0.25) is 17.2 Å². The SMILES string of the molecule is Cc1cccc(C2C3(OC(c4ccc(Cl)cc4)C24C(=O)c2ccccc2C4=O)C(=O)c2ccccc2C3=O)c1. The minimum absolute atomic E-state index is 0.225. The van der Waals surface area contributed by atoms with Crippen LogP contribution in [0, 0.1) is 12.3 Å². The lowest BCUT2D eigenvalue weighted by atomic mass is 9.59. The lowest BCUT2D eigenvalue weighted by Crippen LogP contribution is -2.51. The van der Waals surface area contributed by atoms with Crippen molar-refractivity contribution >= 4 is 34.7 Å². The molecule has 0 amide bonds. The number of Topliss-reactive ketones (excluding diaryl/α,β-unsaturated/α-hetero) is 4. The van der Waals surface area contributed by atoms with Gasteiger partial charge in [-0.1, -0.05) is 102 Å². The maximum Gasteiger partial charge on any atom is 0.204 e. The van der Waals surface area contributed by atoms with E-state index in [4.69, 9.17) is 16.3 Å². The highest BCUT2D eigenvalue weighted by Crippen LogP contribution is 2.67. The van der Waals surface area contributed by atoms with Gasteiger partial charge in [-0.3, -0.25) is 19.2 Å². The molecule has 1 aliphatic heterocycles. The van der Waals surface area contributed by atoms with E-state index in [1.165, 1.54) is 0 Å². The monoisotopic (exact) mass is 532 g/mol. The zero-order valence-electron chi connectivity index (χ0n) is 20.8. The quantitative estimate of drug-likeness (QED) is 0.280. The van der Waals surface area contributed by atoms with E-state index in [9.17, 15) is 19.2 Å². The Bertz CT molecular complexity index is 1680. The van der Waals surface area contributed by atoms with Gasteiger partial charge in [-0.15, -0.1) is 0 Å². The van der Waals surface area contributed by atoms with Crippen LogP contribution in [0.15, 0.2) is 97.1 Å². The molecular weight excluding hydrogens is 512 g/mol. The molecule has 190 valence electrons. The number of carbonyl (C=O) groups excluding carboxylic acids is 4. The second kappa shape index (κ2) is 8.15. The van der Waals surface area contributed by atoms with Crippen LogP contribution in [0.25, 0.3) is 0 Å². The summed E-state index contributed by atoms with van der Waals surface area (Å²) >= 11 is 6.19.